The Balaban J connectivity index is 0.000000168. The fraction of sp³-hybridized carbons (Fsp3) is 0.167. The highest BCUT2D eigenvalue weighted by Gasteiger charge is 2.22. The van der Waals surface area contributed by atoms with Crippen molar-refractivity contribution in [2.24, 2.45) is 0 Å². The van der Waals surface area contributed by atoms with Crippen LogP contribution in [0.25, 0.3) is 21.5 Å². The Morgan fingerprint density at radius 1 is 0.500 bits per heavy atom. The molecule has 6 rings (SSSR count). The van der Waals surface area contributed by atoms with Crippen LogP contribution < -0.4 is 9.46 Å². The molecule has 0 aliphatic carbocycles. The number of benzene rings is 4. The van der Waals surface area contributed by atoms with Crippen molar-refractivity contribution in [1.29, 1.82) is 0 Å². The second kappa shape index (κ2) is 12.0. The molecule has 0 bridgehead atoms. The standard InChI is InChI=1S/2C18H16FNO/c2*1-12-17(11-14-7-4-3-5-8-14)20(21)13(2)15-9-6-10-16(19)18(12)15/h2*3-10H,11H2,1-2H3. The third-order valence-corrected chi connectivity index (χ3v) is 7.95. The zero-order valence-corrected chi connectivity index (χ0v) is 24.1. The van der Waals surface area contributed by atoms with Crippen LogP contribution in [0, 0.1) is 49.7 Å². The number of pyridine rings is 2. The van der Waals surface area contributed by atoms with E-state index in [1.54, 1.807) is 38.1 Å². The number of rotatable bonds is 4. The van der Waals surface area contributed by atoms with E-state index in [0.717, 1.165) is 20.6 Å². The van der Waals surface area contributed by atoms with Gasteiger partial charge in [0.2, 0.25) is 11.4 Å². The van der Waals surface area contributed by atoms with Crippen molar-refractivity contribution in [2.75, 3.05) is 0 Å². The van der Waals surface area contributed by atoms with Crippen LogP contribution in [-0.4, -0.2) is 0 Å². The predicted octanol–water partition coefficient (Wildman–Crippen LogP) is 7.64. The van der Waals surface area contributed by atoms with E-state index in [2.05, 4.69) is 0 Å². The molecule has 42 heavy (non-hydrogen) atoms. The van der Waals surface area contributed by atoms with Crippen LogP contribution in [0.3, 0.4) is 0 Å². The molecule has 0 aliphatic rings. The van der Waals surface area contributed by atoms with Gasteiger partial charge in [0.1, 0.15) is 11.6 Å². The van der Waals surface area contributed by atoms with Crippen molar-refractivity contribution in [3.63, 3.8) is 0 Å². The van der Waals surface area contributed by atoms with E-state index in [9.17, 15) is 19.2 Å². The number of aromatic nitrogens is 2. The summed E-state index contributed by atoms with van der Waals surface area (Å²) in [7, 11) is 0. The smallest absolute Gasteiger partial charge is 0.201 e. The largest absolute Gasteiger partial charge is 0.618 e. The molecule has 0 unspecified atom stereocenters. The van der Waals surface area contributed by atoms with Gasteiger partial charge in [0.25, 0.3) is 0 Å². The molecule has 0 spiro atoms. The Hall–Kier alpha value is -4.84. The van der Waals surface area contributed by atoms with Crippen LogP contribution >= 0.6 is 0 Å². The zero-order chi connectivity index (χ0) is 30.0. The lowest BCUT2D eigenvalue weighted by molar-refractivity contribution is -0.619. The Labute approximate surface area is 244 Å². The average Bonchev–Trinajstić information content (AvgIpc) is 3.00. The topological polar surface area (TPSA) is 53.9 Å². The third kappa shape index (κ3) is 5.40. The fourth-order valence-electron chi connectivity index (χ4n) is 5.62. The normalized spacial score (nSPS) is 11.0. The number of nitrogens with zero attached hydrogens (tertiary/aromatic N) is 2. The van der Waals surface area contributed by atoms with Crippen LogP contribution in [0.15, 0.2) is 97.1 Å². The predicted molar refractivity (Wildman–Crippen MR) is 163 cm³/mol. The van der Waals surface area contributed by atoms with Gasteiger partial charge in [-0.2, -0.15) is 9.46 Å². The summed E-state index contributed by atoms with van der Waals surface area (Å²) in [4.78, 5) is 0. The first kappa shape index (κ1) is 28.7. The maximum absolute atomic E-state index is 14.2. The summed E-state index contributed by atoms with van der Waals surface area (Å²) < 4.78 is 30.2. The van der Waals surface area contributed by atoms with Crippen LogP contribution in [0.1, 0.15) is 45.0 Å². The molecular weight excluding hydrogens is 530 g/mol. The van der Waals surface area contributed by atoms with Gasteiger partial charge >= 0.3 is 0 Å². The molecule has 0 radical (unpaired) electrons. The molecule has 0 saturated heterocycles. The van der Waals surface area contributed by atoms with Gasteiger partial charge < -0.3 is 10.4 Å². The first-order chi connectivity index (χ1) is 20.2. The van der Waals surface area contributed by atoms with E-state index < -0.39 is 0 Å². The van der Waals surface area contributed by atoms with Crippen molar-refractivity contribution >= 4 is 21.5 Å². The third-order valence-electron chi connectivity index (χ3n) is 7.95. The van der Waals surface area contributed by atoms with E-state index >= 15 is 0 Å². The van der Waals surface area contributed by atoms with Gasteiger partial charge in [-0.15, -0.1) is 0 Å². The molecule has 0 atom stereocenters. The molecule has 2 aromatic heterocycles. The lowest BCUT2D eigenvalue weighted by atomic mass is 9.98. The first-order valence-corrected chi connectivity index (χ1v) is 13.9. The summed E-state index contributed by atoms with van der Waals surface area (Å²) in [6, 6.07) is 29.3. The van der Waals surface area contributed by atoms with Crippen molar-refractivity contribution in [3.8, 4) is 0 Å². The molecule has 0 aliphatic heterocycles. The molecule has 4 aromatic carbocycles. The number of halogens is 2. The van der Waals surface area contributed by atoms with E-state index in [-0.39, 0.29) is 11.6 Å². The number of hydrogen-bond acceptors (Lipinski definition) is 2. The van der Waals surface area contributed by atoms with Gasteiger partial charge in [0, 0.05) is 35.7 Å². The minimum absolute atomic E-state index is 0.275. The fourth-order valence-corrected chi connectivity index (χ4v) is 5.62. The Bertz CT molecular complexity index is 1770. The molecule has 6 aromatic rings. The number of aryl methyl sites for hydroxylation is 4. The molecular formula is C36H32F2N2O2. The minimum atomic E-state index is -0.275. The maximum atomic E-state index is 14.2. The van der Waals surface area contributed by atoms with E-state index in [4.69, 9.17) is 0 Å². The van der Waals surface area contributed by atoms with Crippen molar-refractivity contribution in [2.45, 2.75) is 40.5 Å². The van der Waals surface area contributed by atoms with Crippen LogP contribution in [0.4, 0.5) is 8.78 Å². The van der Waals surface area contributed by atoms with Crippen LogP contribution in [0.2, 0.25) is 0 Å². The van der Waals surface area contributed by atoms with E-state index in [1.807, 2.05) is 74.5 Å². The summed E-state index contributed by atoms with van der Waals surface area (Å²) in [5.74, 6) is -0.550. The first-order valence-electron chi connectivity index (χ1n) is 13.9. The van der Waals surface area contributed by atoms with Crippen LogP contribution in [-0.2, 0) is 12.8 Å². The quantitative estimate of drug-likeness (QED) is 0.164. The van der Waals surface area contributed by atoms with Gasteiger partial charge in [-0.1, -0.05) is 72.8 Å². The highest BCUT2D eigenvalue weighted by molar-refractivity contribution is 5.88. The molecule has 212 valence electrons. The summed E-state index contributed by atoms with van der Waals surface area (Å²) in [6.07, 6.45) is 1.00. The molecule has 0 N–H and O–H groups in total. The highest BCUT2D eigenvalue weighted by atomic mass is 19.1. The van der Waals surface area contributed by atoms with Crippen molar-refractivity contribution in [3.05, 3.63) is 164 Å². The lowest BCUT2D eigenvalue weighted by Gasteiger charge is -2.14. The summed E-state index contributed by atoms with van der Waals surface area (Å²) >= 11 is 0. The number of hydrogen-bond donors (Lipinski definition) is 0. The van der Waals surface area contributed by atoms with Gasteiger partial charge in [0.05, 0.1) is 23.6 Å². The molecule has 6 heteroatoms. The summed E-state index contributed by atoms with van der Waals surface area (Å²) in [5, 5.41) is 27.5. The highest BCUT2D eigenvalue weighted by Crippen LogP contribution is 2.27. The van der Waals surface area contributed by atoms with E-state index in [1.165, 1.54) is 12.1 Å². The zero-order valence-electron chi connectivity index (χ0n) is 24.1. The minimum Gasteiger partial charge on any atom is -0.618 e. The monoisotopic (exact) mass is 562 g/mol. The van der Waals surface area contributed by atoms with Gasteiger partial charge in [0.15, 0.2) is 11.4 Å². The molecule has 4 nitrogen and oxygen atoms in total. The van der Waals surface area contributed by atoms with Gasteiger partial charge in [-0.05, 0) is 49.2 Å². The molecule has 2 heterocycles. The second-order valence-corrected chi connectivity index (χ2v) is 10.6. The Morgan fingerprint density at radius 2 is 0.857 bits per heavy atom. The number of fused-ring (bicyclic) bond motifs is 2. The second-order valence-electron chi connectivity index (χ2n) is 10.6. The average molecular weight is 563 g/mol. The van der Waals surface area contributed by atoms with Crippen molar-refractivity contribution in [1.82, 2.24) is 0 Å². The summed E-state index contributed by atoms with van der Waals surface area (Å²) in [5.41, 5.74) is 5.82. The van der Waals surface area contributed by atoms with Crippen molar-refractivity contribution < 1.29 is 18.2 Å². The lowest BCUT2D eigenvalue weighted by Crippen LogP contribution is -2.37. The maximum Gasteiger partial charge on any atom is 0.201 e. The Kier molecular flexibility index (Phi) is 8.16. The SMILES string of the molecule is Cc1c(Cc2ccccc2)[n+]([O-])c(C)c2cccc(F)c12.Cc1c(Cc2ccccc2)[n+]([O-])c(C)c2cccc(F)c12. The summed E-state index contributed by atoms with van der Waals surface area (Å²) in [6.45, 7) is 7.11. The molecule has 0 saturated carbocycles. The Morgan fingerprint density at radius 3 is 1.21 bits per heavy atom. The van der Waals surface area contributed by atoms with Gasteiger partial charge in [-0.3, -0.25) is 0 Å². The van der Waals surface area contributed by atoms with Gasteiger partial charge in [-0.25, -0.2) is 8.78 Å². The molecule has 0 fully saturated rings. The van der Waals surface area contributed by atoms with Crippen LogP contribution in [0.5, 0.6) is 0 Å². The van der Waals surface area contributed by atoms with E-state index in [0.29, 0.717) is 68.3 Å². The molecule has 0 amide bonds.